The Bertz CT molecular complexity index is 1110. The highest BCUT2D eigenvalue weighted by atomic mass is 32.2. The van der Waals surface area contributed by atoms with E-state index in [1.54, 1.807) is 11.8 Å². The second-order valence-corrected chi connectivity index (χ2v) is 13.5. The molecule has 2 amide bonds. The summed E-state index contributed by atoms with van der Waals surface area (Å²) in [6.07, 6.45) is 1.00. The van der Waals surface area contributed by atoms with Gasteiger partial charge in [0, 0.05) is 44.6 Å². The molecular weight excluding hydrogens is 514 g/mol. The highest BCUT2D eigenvalue weighted by Gasteiger charge is 2.49. The zero-order chi connectivity index (χ0) is 28.2. The fourth-order valence-electron chi connectivity index (χ4n) is 5.35. The fourth-order valence-corrected chi connectivity index (χ4v) is 6.16. The van der Waals surface area contributed by atoms with E-state index in [1.165, 1.54) is 0 Å². The number of amides is 2. The van der Waals surface area contributed by atoms with Gasteiger partial charge in [-0.1, -0.05) is 54.6 Å². The molecule has 2 saturated heterocycles. The number of hydrogen-bond donors (Lipinski definition) is 1. The Hall–Kier alpha value is -2.59. The number of likely N-dealkylation sites (tertiary alicyclic amines) is 1. The van der Waals surface area contributed by atoms with Crippen molar-refractivity contribution in [3.05, 3.63) is 71.3 Å². The minimum Gasteiger partial charge on any atom is -0.598 e. The maximum atomic E-state index is 13.1. The number of rotatable bonds is 8. The van der Waals surface area contributed by atoms with Gasteiger partial charge in [0.1, 0.15) is 11.4 Å². The van der Waals surface area contributed by atoms with E-state index in [0.717, 1.165) is 16.7 Å². The molecule has 9 heteroatoms. The molecular formula is C30H41N3O5S. The topological polar surface area (TPSA) is 94.2 Å². The molecule has 2 aliphatic rings. The van der Waals surface area contributed by atoms with E-state index < -0.39 is 16.9 Å². The van der Waals surface area contributed by atoms with Gasteiger partial charge in [-0.25, -0.2) is 4.79 Å². The van der Waals surface area contributed by atoms with Crippen molar-refractivity contribution in [2.45, 2.75) is 76.4 Å². The summed E-state index contributed by atoms with van der Waals surface area (Å²) in [5.74, 6) is -0.0149. The van der Waals surface area contributed by atoms with Crippen LogP contribution in [0.15, 0.2) is 54.6 Å². The van der Waals surface area contributed by atoms with Crippen LogP contribution in [0.4, 0.5) is 4.79 Å². The van der Waals surface area contributed by atoms with Crippen LogP contribution in [0.2, 0.25) is 0 Å². The predicted molar refractivity (Wildman–Crippen MR) is 152 cm³/mol. The Morgan fingerprint density at radius 2 is 1.74 bits per heavy atom. The van der Waals surface area contributed by atoms with Crippen molar-refractivity contribution < 1.29 is 23.6 Å². The highest BCUT2D eigenvalue weighted by molar-refractivity contribution is 7.90. The number of carbonyl (C=O) groups is 2. The molecule has 2 fully saturated rings. The summed E-state index contributed by atoms with van der Waals surface area (Å²) in [6.45, 7) is 11.7. The van der Waals surface area contributed by atoms with E-state index in [2.05, 4.69) is 29.0 Å². The zero-order valence-corrected chi connectivity index (χ0v) is 24.5. The summed E-state index contributed by atoms with van der Waals surface area (Å²) in [5, 5.41) is 0. The SMILES string of the molecule is CC(=O)N(C1CN(C(=O)OCc2ccccc2)C1)C1(c2ccc([C@H](C)N[S+]([O-])C(C)(C)C)cc2)CCOCC1. The average Bonchev–Trinajstić information content (AvgIpc) is 2.89. The van der Waals surface area contributed by atoms with Crippen LogP contribution in [0, 0.1) is 0 Å². The molecule has 2 aromatic carbocycles. The summed E-state index contributed by atoms with van der Waals surface area (Å²) >= 11 is -1.18. The van der Waals surface area contributed by atoms with Crippen molar-refractivity contribution in [3.63, 3.8) is 0 Å². The van der Waals surface area contributed by atoms with E-state index in [-0.39, 0.29) is 35.4 Å². The third-order valence-corrected chi connectivity index (χ3v) is 9.28. The van der Waals surface area contributed by atoms with Crippen LogP contribution in [-0.2, 0) is 37.8 Å². The average molecular weight is 556 g/mol. The van der Waals surface area contributed by atoms with E-state index in [4.69, 9.17) is 9.47 Å². The summed E-state index contributed by atoms with van der Waals surface area (Å²) in [5.41, 5.74) is 2.51. The van der Waals surface area contributed by atoms with Crippen LogP contribution in [0.3, 0.4) is 0 Å². The Morgan fingerprint density at radius 3 is 2.31 bits per heavy atom. The Balaban J connectivity index is 1.47. The minimum atomic E-state index is -1.18. The van der Waals surface area contributed by atoms with Crippen molar-refractivity contribution in [1.29, 1.82) is 0 Å². The van der Waals surface area contributed by atoms with Crippen LogP contribution < -0.4 is 4.72 Å². The third kappa shape index (κ3) is 6.77. The molecule has 2 aliphatic heterocycles. The molecule has 2 aromatic rings. The standard InChI is InChI=1S/C30H41N3O5S/c1-22(31-39(36)29(3,4)5)25-11-13-26(14-12-25)30(15-17-37-18-16-30)33(23(2)34)27-19-32(20-27)28(35)38-21-24-9-7-6-8-10-24/h6-14,22,27,31H,15-21H2,1-5H3/t22-,39?/m0/s1. The van der Waals surface area contributed by atoms with E-state index in [0.29, 0.717) is 39.1 Å². The molecule has 39 heavy (non-hydrogen) atoms. The maximum Gasteiger partial charge on any atom is 0.410 e. The van der Waals surface area contributed by atoms with Gasteiger partial charge in [-0.3, -0.25) is 4.79 Å². The lowest BCUT2D eigenvalue weighted by atomic mass is 9.78. The number of carbonyl (C=O) groups excluding carboxylic acids is 2. The largest absolute Gasteiger partial charge is 0.598 e. The molecule has 4 rings (SSSR count). The van der Waals surface area contributed by atoms with E-state index in [9.17, 15) is 14.1 Å². The van der Waals surface area contributed by atoms with Gasteiger partial charge in [0.05, 0.1) is 17.6 Å². The summed E-state index contributed by atoms with van der Waals surface area (Å²) < 4.78 is 26.6. The summed E-state index contributed by atoms with van der Waals surface area (Å²) in [7, 11) is 0. The lowest BCUT2D eigenvalue weighted by Gasteiger charge is -2.54. The van der Waals surface area contributed by atoms with E-state index >= 15 is 0 Å². The van der Waals surface area contributed by atoms with Gasteiger partial charge in [-0.2, -0.15) is 0 Å². The lowest BCUT2D eigenvalue weighted by molar-refractivity contribution is -0.151. The van der Waals surface area contributed by atoms with Crippen LogP contribution in [0.25, 0.3) is 0 Å². The smallest absolute Gasteiger partial charge is 0.410 e. The first-order valence-corrected chi connectivity index (χ1v) is 14.8. The minimum absolute atomic E-state index is 0.0149. The molecule has 212 valence electrons. The molecule has 0 bridgehead atoms. The van der Waals surface area contributed by atoms with Crippen LogP contribution in [-0.4, -0.2) is 63.4 Å². The Kier molecular flexibility index (Phi) is 9.26. The monoisotopic (exact) mass is 555 g/mol. The van der Waals surface area contributed by atoms with Crippen LogP contribution >= 0.6 is 0 Å². The van der Waals surface area contributed by atoms with Crippen LogP contribution in [0.1, 0.15) is 70.2 Å². The molecule has 0 aliphatic carbocycles. The number of benzene rings is 2. The van der Waals surface area contributed by atoms with Crippen LogP contribution in [0.5, 0.6) is 0 Å². The molecule has 2 heterocycles. The Labute approximate surface area is 235 Å². The van der Waals surface area contributed by atoms with Crippen molar-refractivity contribution in [2.24, 2.45) is 0 Å². The van der Waals surface area contributed by atoms with Gasteiger partial charge < -0.3 is 23.8 Å². The zero-order valence-electron chi connectivity index (χ0n) is 23.6. The second kappa shape index (κ2) is 12.3. The summed E-state index contributed by atoms with van der Waals surface area (Å²) in [4.78, 5) is 29.4. The molecule has 0 spiro atoms. The maximum absolute atomic E-state index is 13.1. The summed E-state index contributed by atoms with van der Waals surface area (Å²) in [6, 6.07) is 17.7. The first-order valence-electron chi connectivity index (χ1n) is 13.6. The van der Waals surface area contributed by atoms with Crippen molar-refractivity contribution in [3.8, 4) is 0 Å². The Morgan fingerprint density at radius 1 is 1.13 bits per heavy atom. The molecule has 2 atom stereocenters. The quantitative estimate of drug-likeness (QED) is 0.476. The molecule has 0 saturated carbocycles. The second-order valence-electron chi connectivity index (χ2n) is 11.5. The predicted octanol–water partition coefficient (Wildman–Crippen LogP) is 4.67. The van der Waals surface area contributed by atoms with Gasteiger partial charge in [0.15, 0.2) is 0 Å². The van der Waals surface area contributed by atoms with Crippen molar-refractivity contribution in [1.82, 2.24) is 14.5 Å². The first kappa shape index (κ1) is 29.4. The van der Waals surface area contributed by atoms with Gasteiger partial charge >= 0.3 is 6.09 Å². The number of ether oxygens (including phenoxy) is 2. The normalized spacial score (nSPS) is 19.1. The van der Waals surface area contributed by atoms with Gasteiger partial charge in [0.25, 0.3) is 0 Å². The molecule has 1 N–H and O–H groups in total. The lowest BCUT2D eigenvalue weighted by Crippen LogP contribution is -2.67. The third-order valence-electron chi connectivity index (χ3n) is 7.60. The van der Waals surface area contributed by atoms with Crippen molar-refractivity contribution >= 4 is 23.4 Å². The fraction of sp³-hybridized carbons (Fsp3) is 0.533. The van der Waals surface area contributed by atoms with Crippen molar-refractivity contribution in [2.75, 3.05) is 26.3 Å². The number of nitrogens with zero attached hydrogens (tertiary/aromatic N) is 2. The van der Waals surface area contributed by atoms with E-state index in [1.807, 2.05) is 62.9 Å². The van der Waals surface area contributed by atoms with Gasteiger partial charge in [0.2, 0.25) is 5.91 Å². The molecule has 0 radical (unpaired) electrons. The first-order chi connectivity index (χ1) is 18.5. The number of nitrogens with one attached hydrogen (secondary N) is 1. The van der Waals surface area contributed by atoms with Gasteiger partial charge in [-0.15, -0.1) is 4.72 Å². The molecule has 1 unspecified atom stereocenters. The number of hydrogen-bond acceptors (Lipinski definition) is 6. The molecule has 8 nitrogen and oxygen atoms in total. The molecule has 0 aromatic heterocycles. The highest BCUT2D eigenvalue weighted by Crippen LogP contribution is 2.42. The van der Waals surface area contributed by atoms with Gasteiger partial charge in [-0.05, 0) is 57.2 Å².